The lowest BCUT2D eigenvalue weighted by Gasteiger charge is -2.03. The van der Waals surface area contributed by atoms with Gasteiger partial charge in [0, 0.05) is 29.2 Å². The highest BCUT2D eigenvalue weighted by atomic mass is 16.5. The molecule has 1 N–H and O–H groups in total. The first-order valence-corrected chi connectivity index (χ1v) is 8.56. The van der Waals surface area contributed by atoms with Gasteiger partial charge in [0.25, 0.3) is 0 Å². The number of carbonyl (C=O) groups excluding carboxylic acids is 1. The van der Waals surface area contributed by atoms with E-state index < -0.39 is 0 Å². The first-order valence-electron chi connectivity index (χ1n) is 8.56. The lowest BCUT2D eigenvalue weighted by molar-refractivity contribution is 0.0521. The fraction of sp³-hybridized carbons (Fsp3) is 0.238. The number of ether oxygens (including phenoxy) is 1. The number of nitrogens with one attached hydrogen (secondary N) is 1. The number of aromatic amines is 1. The van der Waals surface area contributed by atoms with Crippen LogP contribution in [0.4, 0.5) is 0 Å². The van der Waals surface area contributed by atoms with Gasteiger partial charge in [-0.25, -0.2) is 4.79 Å². The van der Waals surface area contributed by atoms with Gasteiger partial charge in [0.15, 0.2) is 0 Å². The molecule has 0 saturated heterocycles. The molecule has 0 atom stereocenters. The molecule has 4 nitrogen and oxygen atoms in total. The average molecular weight is 336 g/mol. The molecule has 4 heteroatoms. The third kappa shape index (κ3) is 4.35. The summed E-state index contributed by atoms with van der Waals surface area (Å²) in [6.45, 7) is 8.18. The maximum atomic E-state index is 12.3. The van der Waals surface area contributed by atoms with Crippen LogP contribution in [-0.2, 0) is 4.74 Å². The molecule has 2 heterocycles. The summed E-state index contributed by atoms with van der Waals surface area (Å²) < 4.78 is 5.17. The SMILES string of the molecule is CC.CCOC(=O)c1[nH]c(-c2ccc(C)cc2)cc1-c1cccnc1. The Kier molecular flexibility index (Phi) is 6.52. The van der Waals surface area contributed by atoms with Crippen molar-refractivity contribution in [2.45, 2.75) is 27.7 Å². The molecule has 130 valence electrons. The molecule has 0 saturated carbocycles. The number of carbonyl (C=O) groups is 1. The van der Waals surface area contributed by atoms with E-state index in [0.717, 1.165) is 22.4 Å². The summed E-state index contributed by atoms with van der Waals surface area (Å²) in [4.78, 5) is 19.6. The zero-order chi connectivity index (χ0) is 18.2. The van der Waals surface area contributed by atoms with Crippen molar-refractivity contribution in [3.8, 4) is 22.4 Å². The van der Waals surface area contributed by atoms with Crippen LogP contribution in [-0.4, -0.2) is 22.5 Å². The zero-order valence-corrected chi connectivity index (χ0v) is 15.2. The van der Waals surface area contributed by atoms with Crippen molar-refractivity contribution in [3.63, 3.8) is 0 Å². The lowest BCUT2D eigenvalue weighted by atomic mass is 10.1. The molecular formula is C21H24N2O2. The van der Waals surface area contributed by atoms with Crippen LogP contribution in [0, 0.1) is 6.92 Å². The predicted octanol–water partition coefficient (Wildman–Crippen LogP) is 5.26. The van der Waals surface area contributed by atoms with Crippen molar-refractivity contribution in [1.29, 1.82) is 0 Å². The van der Waals surface area contributed by atoms with Gasteiger partial charge >= 0.3 is 5.97 Å². The Hall–Kier alpha value is -2.88. The van der Waals surface area contributed by atoms with Crippen molar-refractivity contribution in [3.05, 3.63) is 66.1 Å². The van der Waals surface area contributed by atoms with Crippen LogP contribution < -0.4 is 0 Å². The van der Waals surface area contributed by atoms with Crippen LogP contribution in [0.25, 0.3) is 22.4 Å². The summed E-state index contributed by atoms with van der Waals surface area (Å²) in [6.07, 6.45) is 3.45. The van der Waals surface area contributed by atoms with E-state index in [1.807, 2.05) is 63.2 Å². The Morgan fingerprint density at radius 3 is 2.44 bits per heavy atom. The molecule has 0 fully saturated rings. The van der Waals surface area contributed by atoms with E-state index in [9.17, 15) is 4.79 Å². The first kappa shape index (κ1) is 18.5. The van der Waals surface area contributed by atoms with Gasteiger partial charge in [0.1, 0.15) is 5.69 Å². The monoisotopic (exact) mass is 336 g/mol. The van der Waals surface area contributed by atoms with Crippen LogP contribution in [0.5, 0.6) is 0 Å². The highest BCUT2D eigenvalue weighted by Gasteiger charge is 2.18. The van der Waals surface area contributed by atoms with E-state index in [1.165, 1.54) is 5.56 Å². The van der Waals surface area contributed by atoms with Gasteiger partial charge in [-0.1, -0.05) is 49.7 Å². The van der Waals surface area contributed by atoms with Gasteiger partial charge in [-0.05, 0) is 31.5 Å². The second kappa shape index (κ2) is 8.83. The third-order valence-electron chi connectivity index (χ3n) is 3.63. The second-order valence-corrected chi connectivity index (χ2v) is 5.30. The Bertz CT molecular complexity index is 806. The topological polar surface area (TPSA) is 55.0 Å². The van der Waals surface area contributed by atoms with Gasteiger partial charge in [0.2, 0.25) is 0 Å². The van der Waals surface area contributed by atoms with Crippen molar-refractivity contribution in [1.82, 2.24) is 9.97 Å². The molecule has 0 radical (unpaired) electrons. The minimum atomic E-state index is -0.357. The summed E-state index contributed by atoms with van der Waals surface area (Å²) >= 11 is 0. The molecule has 0 unspecified atom stereocenters. The van der Waals surface area contributed by atoms with E-state index >= 15 is 0 Å². The van der Waals surface area contributed by atoms with Crippen molar-refractivity contribution >= 4 is 5.97 Å². The number of hydrogen-bond acceptors (Lipinski definition) is 3. The number of nitrogens with zero attached hydrogens (tertiary/aromatic N) is 1. The Morgan fingerprint density at radius 2 is 1.84 bits per heavy atom. The fourth-order valence-electron chi connectivity index (χ4n) is 2.46. The van der Waals surface area contributed by atoms with E-state index in [0.29, 0.717) is 12.3 Å². The molecule has 0 aliphatic rings. The summed E-state index contributed by atoms with van der Waals surface area (Å²) in [5, 5.41) is 0. The number of rotatable bonds is 4. The molecular weight excluding hydrogens is 312 g/mol. The average Bonchev–Trinajstić information content (AvgIpc) is 3.10. The van der Waals surface area contributed by atoms with Crippen molar-refractivity contribution in [2.24, 2.45) is 0 Å². The van der Waals surface area contributed by atoms with Crippen molar-refractivity contribution < 1.29 is 9.53 Å². The van der Waals surface area contributed by atoms with Gasteiger partial charge < -0.3 is 9.72 Å². The molecule has 0 amide bonds. The van der Waals surface area contributed by atoms with E-state index in [-0.39, 0.29) is 5.97 Å². The quantitative estimate of drug-likeness (QED) is 0.662. The summed E-state index contributed by atoms with van der Waals surface area (Å²) in [5.41, 5.74) is 5.23. The zero-order valence-electron chi connectivity index (χ0n) is 15.2. The molecule has 3 rings (SSSR count). The van der Waals surface area contributed by atoms with Gasteiger partial charge in [-0.15, -0.1) is 0 Å². The fourth-order valence-corrected chi connectivity index (χ4v) is 2.46. The van der Waals surface area contributed by atoms with Gasteiger partial charge in [-0.2, -0.15) is 0 Å². The second-order valence-electron chi connectivity index (χ2n) is 5.30. The molecule has 2 aromatic heterocycles. The minimum Gasteiger partial charge on any atom is -0.461 e. The molecule has 0 spiro atoms. The number of benzene rings is 1. The largest absolute Gasteiger partial charge is 0.461 e. The van der Waals surface area contributed by atoms with Gasteiger partial charge in [0.05, 0.1) is 6.61 Å². The maximum Gasteiger partial charge on any atom is 0.355 e. The Labute approximate surface area is 148 Å². The van der Waals surface area contributed by atoms with E-state index in [2.05, 4.69) is 9.97 Å². The van der Waals surface area contributed by atoms with Crippen LogP contribution >= 0.6 is 0 Å². The molecule has 3 aromatic rings. The highest BCUT2D eigenvalue weighted by molar-refractivity contribution is 5.97. The number of hydrogen-bond donors (Lipinski definition) is 1. The van der Waals surface area contributed by atoms with Crippen LogP contribution in [0.1, 0.15) is 36.8 Å². The normalized spacial score (nSPS) is 9.92. The Balaban J connectivity index is 0.00000109. The predicted molar refractivity (Wildman–Crippen MR) is 102 cm³/mol. The molecule has 0 aliphatic heterocycles. The summed E-state index contributed by atoms with van der Waals surface area (Å²) in [6, 6.07) is 13.9. The first-order chi connectivity index (χ1) is 12.2. The summed E-state index contributed by atoms with van der Waals surface area (Å²) in [5.74, 6) is -0.357. The standard InChI is InChI=1S/C19H18N2O2.C2H6/c1-3-23-19(22)18-16(15-5-4-10-20-12-15)11-17(21-18)14-8-6-13(2)7-9-14;1-2/h4-12,21H,3H2,1-2H3;1-2H3. The van der Waals surface area contributed by atoms with Crippen LogP contribution in [0.15, 0.2) is 54.9 Å². The van der Waals surface area contributed by atoms with E-state index in [4.69, 9.17) is 4.74 Å². The number of H-pyrrole nitrogens is 1. The van der Waals surface area contributed by atoms with E-state index in [1.54, 1.807) is 19.3 Å². The Morgan fingerprint density at radius 1 is 1.12 bits per heavy atom. The van der Waals surface area contributed by atoms with Crippen LogP contribution in [0.3, 0.4) is 0 Å². The summed E-state index contributed by atoms with van der Waals surface area (Å²) in [7, 11) is 0. The number of esters is 1. The number of pyridine rings is 1. The van der Waals surface area contributed by atoms with Crippen molar-refractivity contribution in [2.75, 3.05) is 6.61 Å². The molecule has 0 bridgehead atoms. The maximum absolute atomic E-state index is 12.3. The molecule has 1 aromatic carbocycles. The highest BCUT2D eigenvalue weighted by Crippen LogP contribution is 2.30. The number of aryl methyl sites for hydroxylation is 1. The smallest absolute Gasteiger partial charge is 0.355 e. The number of aromatic nitrogens is 2. The minimum absolute atomic E-state index is 0.337. The molecule has 0 aliphatic carbocycles. The van der Waals surface area contributed by atoms with Gasteiger partial charge in [-0.3, -0.25) is 4.98 Å². The van der Waals surface area contributed by atoms with Crippen LogP contribution in [0.2, 0.25) is 0 Å². The molecule has 25 heavy (non-hydrogen) atoms. The third-order valence-corrected chi connectivity index (χ3v) is 3.63. The lowest BCUT2D eigenvalue weighted by Crippen LogP contribution is -2.06.